The van der Waals surface area contributed by atoms with Gasteiger partial charge in [0.2, 0.25) is 0 Å². The zero-order chi connectivity index (χ0) is 43.2. The van der Waals surface area contributed by atoms with Crippen molar-refractivity contribution in [3.63, 3.8) is 0 Å². The predicted molar refractivity (Wildman–Crippen MR) is 203 cm³/mol. The van der Waals surface area contributed by atoms with Crippen LogP contribution >= 0.6 is 0 Å². The Balaban J connectivity index is 1.07. The van der Waals surface area contributed by atoms with Gasteiger partial charge in [-0.2, -0.15) is 8.42 Å². The average Bonchev–Trinajstić information content (AvgIpc) is 3.69. The maximum absolute atomic E-state index is 14.2. The Labute approximate surface area is 345 Å². The fourth-order valence-corrected chi connectivity index (χ4v) is 14.2. The second kappa shape index (κ2) is 14.3. The molecule has 4 aliphatic heterocycles. The lowest BCUT2D eigenvalue weighted by Crippen LogP contribution is -2.69. The van der Waals surface area contributed by atoms with Gasteiger partial charge in [0.15, 0.2) is 12.6 Å². The number of allylic oxidation sites excluding steroid dienone is 1. The predicted octanol–water partition coefficient (Wildman–Crippen LogP) is 1.29. The van der Waals surface area contributed by atoms with Gasteiger partial charge in [-0.1, -0.05) is 46.3 Å². The first kappa shape index (κ1) is 44.3. The largest absolute Gasteiger partial charge is 0.459 e. The molecule has 8 rings (SSSR count). The molecule has 4 aliphatic carbocycles. The highest BCUT2D eigenvalue weighted by Crippen LogP contribution is 2.77. The summed E-state index contributed by atoms with van der Waals surface area (Å²) < 4.78 is 74.0. The number of hydrogen-bond acceptors (Lipinski definition) is 16. The summed E-state index contributed by atoms with van der Waals surface area (Å²) in [6, 6.07) is 0. The molecule has 0 aromatic rings. The molecule has 3 saturated carbocycles. The van der Waals surface area contributed by atoms with E-state index in [2.05, 4.69) is 25.0 Å². The van der Waals surface area contributed by atoms with E-state index in [9.17, 15) is 48.4 Å². The summed E-state index contributed by atoms with van der Waals surface area (Å²) in [7, 11) is -5.04. The minimum absolute atomic E-state index is 0.0250. The van der Waals surface area contributed by atoms with Crippen molar-refractivity contribution in [2.24, 2.45) is 39.4 Å². The monoisotopic (exact) mass is 860 g/mol. The highest BCUT2D eigenvalue weighted by atomic mass is 32.3. The molecule has 0 radical (unpaired) electrons. The Morgan fingerprint density at radius 1 is 0.881 bits per heavy atom. The van der Waals surface area contributed by atoms with Gasteiger partial charge in [0, 0.05) is 5.92 Å². The number of carbonyl (C=O) groups is 1. The van der Waals surface area contributed by atoms with E-state index in [-0.39, 0.29) is 23.5 Å². The van der Waals surface area contributed by atoms with Crippen LogP contribution in [0.25, 0.3) is 0 Å². The fraction of sp³-hybridized carbons (Fsp3) is 0.927. The first-order valence-corrected chi connectivity index (χ1v) is 22.6. The van der Waals surface area contributed by atoms with Crippen LogP contribution in [-0.4, -0.2) is 147 Å². The summed E-state index contributed by atoms with van der Waals surface area (Å²) in [6.07, 6.45) is -10.5. The molecule has 18 heteroatoms. The summed E-state index contributed by atoms with van der Waals surface area (Å²) >= 11 is 0. The van der Waals surface area contributed by atoms with Gasteiger partial charge in [-0.3, -0.25) is 9.35 Å². The van der Waals surface area contributed by atoms with E-state index in [1.807, 2.05) is 33.8 Å². The van der Waals surface area contributed by atoms with E-state index in [1.54, 1.807) is 0 Å². The second-order valence-electron chi connectivity index (χ2n) is 20.6. The summed E-state index contributed by atoms with van der Waals surface area (Å²) in [5, 5.41) is 68.2. The molecule has 0 aromatic heterocycles. The maximum atomic E-state index is 14.2. The molecule has 2 bridgehead atoms. The molecular weight excluding hydrogens is 797 g/mol. The van der Waals surface area contributed by atoms with Crippen molar-refractivity contribution in [2.75, 3.05) is 6.61 Å². The average molecular weight is 861 g/mol. The smallest absolute Gasteiger partial charge is 0.397 e. The van der Waals surface area contributed by atoms with Crippen molar-refractivity contribution in [1.82, 2.24) is 0 Å². The molecule has 7 N–H and O–H groups in total. The number of esters is 1. The number of fused-ring (bicyclic) bond motifs is 5. The van der Waals surface area contributed by atoms with E-state index >= 15 is 0 Å². The van der Waals surface area contributed by atoms with Gasteiger partial charge in [0.1, 0.15) is 53.7 Å². The molecule has 0 aromatic carbocycles. The quantitative estimate of drug-likeness (QED) is 0.0785. The fourth-order valence-electron chi connectivity index (χ4n) is 13.7. The zero-order valence-electron chi connectivity index (χ0n) is 35.1. The number of carbonyl (C=O) groups excluding carboxylic acids is 1. The zero-order valence-corrected chi connectivity index (χ0v) is 35.9. The lowest BCUT2D eigenvalue weighted by atomic mass is 9.40. The molecule has 59 heavy (non-hydrogen) atoms. The van der Waals surface area contributed by atoms with Crippen molar-refractivity contribution in [2.45, 2.75) is 191 Å². The number of rotatable bonds is 8. The van der Waals surface area contributed by atoms with Gasteiger partial charge >= 0.3 is 16.4 Å². The normalized spacial score (nSPS) is 53.2. The maximum Gasteiger partial charge on any atom is 0.397 e. The van der Waals surface area contributed by atoms with Crippen LogP contribution in [0.1, 0.15) is 100 Å². The van der Waals surface area contributed by atoms with Gasteiger partial charge < -0.3 is 59.1 Å². The van der Waals surface area contributed by atoms with Crippen LogP contribution < -0.4 is 0 Å². The highest BCUT2D eigenvalue weighted by Gasteiger charge is 2.86. The lowest BCUT2D eigenvalue weighted by Gasteiger charge is -2.65. The van der Waals surface area contributed by atoms with Crippen LogP contribution in [0.15, 0.2) is 11.6 Å². The van der Waals surface area contributed by atoms with Crippen molar-refractivity contribution in [3.05, 3.63) is 11.6 Å². The standard InChI is InChI=1S/C41H64O17S/c1-18(22-11-13-36(3,4)57-22)41(48)27-16-39(8)20-9-10-24-37(5,6)26(12-14-38(24,7)21(20)15-25(42)40(39,41)35(47)55-27)54-34-32(29(44)23(17-52-34)58-59(49,50)51)56-33-31(46)30(45)28(43)19(2)53-33/h15,18-20,22-34,42-46,48H,9-14,16-17H2,1-8H3,(H,49,50,51)/t18?,19-,20?,22?,23-,24?,25?,26?,27?,28-,29+,30+,31-,32-,33-,34+,38-,39+,40?,41-/m1/s1. The van der Waals surface area contributed by atoms with Crippen molar-refractivity contribution in [1.29, 1.82) is 0 Å². The molecule has 7 fully saturated rings. The van der Waals surface area contributed by atoms with E-state index < -0.39 is 130 Å². The minimum atomic E-state index is -5.04. The number of aliphatic hydroxyl groups is 6. The molecule has 4 heterocycles. The first-order chi connectivity index (χ1) is 27.2. The van der Waals surface area contributed by atoms with Gasteiger partial charge in [0.05, 0.1) is 36.6 Å². The number of ether oxygens (including phenoxy) is 6. The van der Waals surface area contributed by atoms with Gasteiger partial charge in [-0.25, -0.2) is 4.18 Å². The minimum Gasteiger partial charge on any atom is -0.459 e. The molecule has 8 aliphatic rings. The number of hydrogen-bond donors (Lipinski definition) is 7. The summed E-state index contributed by atoms with van der Waals surface area (Å²) in [4.78, 5) is 14.2. The molecule has 1 spiro atoms. The van der Waals surface area contributed by atoms with E-state index in [4.69, 9.17) is 28.4 Å². The molecule has 8 unspecified atom stereocenters. The van der Waals surface area contributed by atoms with Gasteiger partial charge in [-0.15, -0.1) is 0 Å². The Hall–Kier alpha value is -1.36. The Kier molecular flexibility index (Phi) is 10.7. The molecule has 336 valence electrons. The van der Waals surface area contributed by atoms with E-state index in [1.165, 1.54) is 6.92 Å². The molecule has 4 saturated heterocycles. The van der Waals surface area contributed by atoms with Crippen LogP contribution in [0.5, 0.6) is 0 Å². The third kappa shape index (κ3) is 6.31. The lowest BCUT2D eigenvalue weighted by molar-refractivity contribution is -0.362. The Morgan fingerprint density at radius 3 is 2.22 bits per heavy atom. The molecule has 0 amide bonds. The van der Waals surface area contributed by atoms with Gasteiger partial charge in [0.25, 0.3) is 0 Å². The van der Waals surface area contributed by atoms with Gasteiger partial charge in [-0.05, 0) is 93.8 Å². The second-order valence-corrected chi connectivity index (χ2v) is 21.6. The summed E-state index contributed by atoms with van der Waals surface area (Å²) in [6.45, 7) is 15.3. The Bertz CT molecular complexity index is 1810. The number of aliphatic hydroxyl groups excluding tert-OH is 5. The third-order valence-corrected chi connectivity index (χ3v) is 17.3. The van der Waals surface area contributed by atoms with E-state index in [0.29, 0.717) is 25.7 Å². The van der Waals surface area contributed by atoms with Crippen LogP contribution in [-0.2, 0) is 47.8 Å². The Morgan fingerprint density at radius 2 is 1.58 bits per heavy atom. The van der Waals surface area contributed by atoms with E-state index in [0.717, 1.165) is 24.8 Å². The SMILES string of the molecule is CC(C1CCC(C)(C)O1)[C@@]1(O)C2C[C@@]3(C)C4CCC5C(C)(C)C(O[C@@H]6OC[C@@H](OS(=O)(=O)O)[C@H](O)[C@H]6O[C@H]6O[C@H](C)[C@@H](O)[C@H](O)[C@H]6O)CC[C@]5(C)C4=CC(O)C13C(=O)O2. The van der Waals surface area contributed by atoms with Crippen LogP contribution in [0.2, 0.25) is 0 Å². The van der Waals surface area contributed by atoms with Crippen LogP contribution in [0.4, 0.5) is 0 Å². The highest BCUT2D eigenvalue weighted by molar-refractivity contribution is 7.80. The topological polar surface area (TPSA) is 257 Å². The molecule has 17 nitrogen and oxygen atoms in total. The van der Waals surface area contributed by atoms with Crippen molar-refractivity contribution >= 4 is 16.4 Å². The summed E-state index contributed by atoms with van der Waals surface area (Å²) in [5.74, 6) is -1.20. The third-order valence-electron chi connectivity index (χ3n) is 16.8. The molecular formula is C41H64O17S. The van der Waals surface area contributed by atoms with Crippen LogP contribution in [0, 0.1) is 39.4 Å². The van der Waals surface area contributed by atoms with Crippen LogP contribution in [0.3, 0.4) is 0 Å². The van der Waals surface area contributed by atoms with Crippen molar-refractivity contribution in [3.8, 4) is 0 Å². The molecule has 20 atom stereocenters. The summed E-state index contributed by atoms with van der Waals surface area (Å²) in [5.41, 5.74) is -4.42. The van der Waals surface area contributed by atoms with Crippen molar-refractivity contribution < 1.29 is 81.0 Å². The first-order valence-electron chi connectivity index (χ1n) is 21.2.